The van der Waals surface area contributed by atoms with Gasteiger partial charge in [-0.25, -0.2) is 0 Å². The Morgan fingerprint density at radius 3 is 2.57 bits per heavy atom. The van der Waals surface area contributed by atoms with E-state index in [1.807, 2.05) is 24.3 Å². The number of halogens is 1. The van der Waals surface area contributed by atoms with E-state index in [9.17, 15) is 5.11 Å². The third-order valence-corrected chi connectivity index (χ3v) is 2.93. The van der Waals surface area contributed by atoms with Crippen molar-refractivity contribution in [1.82, 2.24) is 0 Å². The van der Waals surface area contributed by atoms with Crippen LogP contribution >= 0.6 is 15.9 Å². The molecule has 2 rings (SSSR count). The van der Waals surface area contributed by atoms with Crippen molar-refractivity contribution >= 4 is 15.9 Å². The SMILES string of the molecule is OC(COc1ccc(Br)cc1)C1CC1. The number of aliphatic hydroxyl groups excluding tert-OH is 1. The van der Waals surface area contributed by atoms with Crippen LogP contribution in [0.1, 0.15) is 12.8 Å². The van der Waals surface area contributed by atoms with Gasteiger partial charge in [-0.05, 0) is 43.0 Å². The van der Waals surface area contributed by atoms with Crippen LogP contribution in [0.4, 0.5) is 0 Å². The van der Waals surface area contributed by atoms with Crippen molar-refractivity contribution in [2.24, 2.45) is 5.92 Å². The predicted molar refractivity (Wildman–Crippen MR) is 58.4 cm³/mol. The summed E-state index contributed by atoms with van der Waals surface area (Å²) in [5.41, 5.74) is 0. The Morgan fingerprint density at radius 1 is 1.36 bits per heavy atom. The summed E-state index contributed by atoms with van der Waals surface area (Å²) in [7, 11) is 0. The van der Waals surface area contributed by atoms with E-state index in [2.05, 4.69) is 15.9 Å². The molecule has 1 aliphatic carbocycles. The van der Waals surface area contributed by atoms with Crippen LogP contribution in [0.2, 0.25) is 0 Å². The van der Waals surface area contributed by atoms with Crippen molar-refractivity contribution in [2.75, 3.05) is 6.61 Å². The summed E-state index contributed by atoms with van der Waals surface area (Å²) in [6.45, 7) is 0.409. The molecule has 2 nitrogen and oxygen atoms in total. The lowest BCUT2D eigenvalue weighted by atomic mass is 10.2. The molecule has 1 aliphatic rings. The molecule has 1 unspecified atom stereocenters. The van der Waals surface area contributed by atoms with Gasteiger partial charge < -0.3 is 9.84 Å². The first-order chi connectivity index (χ1) is 6.75. The molecule has 1 fully saturated rings. The molecule has 0 aliphatic heterocycles. The minimum absolute atomic E-state index is 0.293. The van der Waals surface area contributed by atoms with Gasteiger partial charge in [0.2, 0.25) is 0 Å². The van der Waals surface area contributed by atoms with E-state index in [0.29, 0.717) is 12.5 Å². The Hall–Kier alpha value is -0.540. The molecule has 0 bridgehead atoms. The van der Waals surface area contributed by atoms with Crippen LogP contribution in [0, 0.1) is 5.92 Å². The Bertz CT molecular complexity index is 293. The van der Waals surface area contributed by atoms with Gasteiger partial charge in [0.25, 0.3) is 0 Å². The highest BCUT2D eigenvalue weighted by molar-refractivity contribution is 9.10. The minimum atomic E-state index is -0.293. The fourth-order valence-electron chi connectivity index (χ4n) is 1.33. The van der Waals surface area contributed by atoms with E-state index < -0.39 is 0 Å². The van der Waals surface area contributed by atoms with Gasteiger partial charge in [-0.3, -0.25) is 0 Å². The minimum Gasteiger partial charge on any atom is -0.491 e. The number of hydrogen-bond donors (Lipinski definition) is 1. The van der Waals surface area contributed by atoms with Gasteiger partial charge in [0, 0.05) is 4.47 Å². The summed E-state index contributed by atoms with van der Waals surface area (Å²) >= 11 is 3.35. The van der Waals surface area contributed by atoms with Crippen molar-refractivity contribution in [3.05, 3.63) is 28.7 Å². The molecule has 0 spiro atoms. The highest BCUT2D eigenvalue weighted by atomic mass is 79.9. The van der Waals surface area contributed by atoms with E-state index in [1.165, 1.54) is 0 Å². The second kappa shape index (κ2) is 4.32. The van der Waals surface area contributed by atoms with Crippen LogP contribution in [-0.2, 0) is 0 Å². The predicted octanol–water partition coefficient (Wildman–Crippen LogP) is 2.60. The monoisotopic (exact) mass is 256 g/mol. The van der Waals surface area contributed by atoms with Crippen LogP contribution in [0.5, 0.6) is 5.75 Å². The first-order valence-electron chi connectivity index (χ1n) is 4.82. The molecule has 1 N–H and O–H groups in total. The van der Waals surface area contributed by atoms with Crippen molar-refractivity contribution in [3.63, 3.8) is 0 Å². The molecule has 0 saturated heterocycles. The molecule has 0 radical (unpaired) electrons. The number of rotatable bonds is 4. The summed E-state index contributed by atoms with van der Waals surface area (Å²) < 4.78 is 6.49. The lowest BCUT2D eigenvalue weighted by molar-refractivity contribution is 0.0894. The van der Waals surface area contributed by atoms with E-state index in [1.54, 1.807) is 0 Å². The van der Waals surface area contributed by atoms with Crippen molar-refractivity contribution in [3.8, 4) is 5.75 Å². The maximum absolute atomic E-state index is 9.57. The molecule has 0 heterocycles. The van der Waals surface area contributed by atoms with Crippen LogP contribution < -0.4 is 4.74 Å². The maximum Gasteiger partial charge on any atom is 0.119 e. The van der Waals surface area contributed by atoms with E-state index in [0.717, 1.165) is 23.1 Å². The Labute approximate surface area is 92.0 Å². The average Bonchev–Trinajstić information content (AvgIpc) is 3.00. The standard InChI is InChI=1S/C11H13BrO2/c12-9-3-5-10(6-4-9)14-7-11(13)8-1-2-8/h3-6,8,11,13H,1-2,7H2. The van der Waals surface area contributed by atoms with Crippen LogP contribution in [0.3, 0.4) is 0 Å². The number of benzene rings is 1. The zero-order valence-electron chi connectivity index (χ0n) is 7.82. The number of hydrogen-bond acceptors (Lipinski definition) is 2. The Balaban J connectivity index is 1.82. The summed E-state index contributed by atoms with van der Waals surface area (Å²) in [6, 6.07) is 7.64. The molecule has 0 amide bonds. The van der Waals surface area contributed by atoms with E-state index >= 15 is 0 Å². The molecule has 1 atom stereocenters. The first-order valence-corrected chi connectivity index (χ1v) is 5.61. The van der Waals surface area contributed by atoms with Crippen LogP contribution in [-0.4, -0.2) is 17.8 Å². The maximum atomic E-state index is 9.57. The fraction of sp³-hybridized carbons (Fsp3) is 0.455. The molecule has 76 valence electrons. The zero-order chi connectivity index (χ0) is 9.97. The van der Waals surface area contributed by atoms with Gasteiger partial charge in [0.1, 0.15) is 12.4 Å². The van der Waals surface area contributed by atoms with Gasteiger partial charge in [-0.1, -0.05) is 15.9 Å². The Kier molecular flexibility index (Phi) is 3.08. The summed E-state index contributed by atoms with van der Waals surface area (Å²) in [5, 5.41) is 9.57. The fourth-order valence-corrected chi connectivity index (χ4v) is 1.59. The van der Waals surface area contributed by atoms with Gasteiger partial charge in [0.05, 0.1) is 6.10 Å². The third-order valence-electron chi connectivity index (χ3n) is 2.40. The molecule has 3 heteroatoms. The summed E-state index contributed by atoms with van der Waals surface area (Å²) in [5.74, 6) is 1.29. The van der Waals surface area contributed by atoms with Gasteiger partial charge >= 0.3 is 0 Å². The smallest absolute Gasteiger partial charge is 0.119 e. The molecule has 1 aromatic carbocycles. The molecule has 14 heavy (non-hydrogen) atoms. The van der Waals surface area contributed by atoms with Crippen LogP contribution in [0.15, 0.2) is 28.7 Å². The topological polar surface area (TPSA) is 29.5 Å². The van der Waals surface area contributed by atoms with Crippen molar-refractivity contribution in [1.29, 1.82) is 0 Å². The van der Waals surface area contributed by atoms with Gasteiger partial charge in [-0.2, -0.15) is 0 Å². The highest BCUT2D eigenvalue weighted by Crippen LogP contribution is 2.32. The Morgan fingerprint density at radius 2 is 2.00 bits per heavy atom. The molecular weight excluding hydrogens is 244 g/mol. The normalized spacial score (nSPS) is 17.9. The van der Waals surface area contributed by atoms with E-state index in [4.69, 9.17) is 4.74 Å². The van der Waals surface area contributed by atoms with E-state index in [-0.39, 0.29) is 6.10 Å². The molecular formula is C11H13BrO2. The number of aliphatic hydroxyl groups is 1. The second-order valence-corrected chi connectivity index (χ2v) is 4.59. The summed E-state index contributed by atoms with van der Waals surface area (Å²) in [6.07, 6.45) is 1.99. The highest BCUT2D eigenvalue weighted by Gasteiger charge is 2.29. The number of ether oxygens (including phenoxy) is 1. The lowest BCUT2D eigenvalue weighted by Crippen LogP contribution is -2.19. The quantitative estimate of drug-likeness (QED) is 0.898. The lowest BCUT2D eigenvalue weighted by Gasteiger charge is -2.10. The molecule has 1 aromatic rings. The summed E-state index contributed by atoms with van der Waals surface area (Å²) in [4.78, 5) is 0. The first kappa shape index (κ1) is 9.99. The van der Waals surface area contributed by atoms with Crippen LogP contribution in [0.25, 0.3) is 0 Å². The average molecular weight is 257 g/mol. The zero-order valence-corrected chi connectivity index (χ0v) is 9.40. The van der Waals surface area contributed by atoms with Crippen molar-refractivity contribution in [2.45, 2.75) is 18.9 Å². The molecule has 0 aromatic heterocycles. The van der Waals surface area contributed by atoms with Gasteiger partial charge in [0.15, 0.2) is 0 Å². The largest absolute Gasteiger partial charge is 0.491 e. The van der Waals surface area contributed by atoms with Gasteiger partial charge in [-0.15, -0.1) is 0 Å². The molecule has 1 saturated carbocycles. The second-order valence-electron chi connectivity index (χ2n) is 3.67. The third kappa shape index (κ3) is 2.72. The van der Waals surface area contributed by atoms with Crippen molar-refractivity contribution < 1.29 is 9.84 Å².